The number of carbonyl (C=O) groups excluding carboxylic acids is 2. The van der Waals surface area contributed by atoms with E-state index >= 15 is 0 Å². The number of rotatable bonds is 6. The fourth-order valence-corrected chi connectivity index (χ4v) is 4.19. The molecular weight excluding hydrogens is 480 g/mol. The number of aliphatic hydroxyl groups excluding tert-OH is 1. The summed E-state index contributed by atoms with van der Waals surface area (Å²) in [4.78, 5) is 27.2. The third kappa shape index (κ3) is 4.44. The fourth-order valence-electron chi connectivity index (χ4n) is 4.00. The third-order valence-electron chi connectivity index (χ3n) is 5.52. The van der Waals surface area contributed by atoms with Crippen LogP contribution >= 0.6 is 11.6 Å². The Bertz CT molecular complexity index is 1360. The van der Waals surface area contributed by atoms with Gasteiger partial charge in [-0.3, -0.25) is 14.5 Å². The Hall–Kier alpha value is -3.91. The minimum Gasteiger partial charge on any atom is -0.507 e. The van der Waals surface area contributed by atoms with Crippen LogP contribution < -0.4 is 14.4 Å². The maximum atomic E-state index is 14.8. The van der Waals surface area contributed by atoms with Crippen LogP contribution in [0.4, 0.5) is 14.5 Å². The monoisotopic (exact) mass is 499 g/mol. The molecule has 0 radical (unpaired) electrons. The topological polar surface area (TPSA) is 76.1 Å². The molecule has 1 saturated heterocycles. The average Bonchev–Trinajstić information content (AvgIpc) is 3.09. The second kappa shape index (κ2) is 9.76. The number of Topliss-reactive ketones (excluding diaryl/α,β-unsaturated/α-hetero) is 1. The van der Waals surface area contributed by atoms with Crippen LogP contribution in [0.1, 0.15) is 24.1 Å². The summed E-state index contributed by atoms with van der Waals surface area (Å²) in [6.45, 7) is 2.07. The van der Waals surface area contributed by atoms with E-state index in [9.17, 15) is 23.5 Å². The lowest BCUT2D eigenvalue weighted by atomic mass is 9.94. The molecule has 1 aliphatic heterocycles. The Morgan fingerprint density at radius 1 is 1.06 bits per heavy atom. The number of hydrogen-bond acceptors (Lipinski definition) is 5. The number of carbonyl (C=O) groups is 2. The van der Waals surface area contributed by atoms with Gasteiger partial charge in [-0.2, -0.15) is 0 Å². The number of hydrogen-bond donors (Lipinski definition) is 1. The molecule has 1 amide bonds. The number of benzene rings is 3. The van der Waals surface area contributed by atoms with Crippen LogP contribution in [-0.2, 0) is 9.59 Å². The molecule has 6 nitrogen and oxygen atoms in total. The molecule has 1 aliphatic rings. The number of amides is 1. The van der Waals surface area contributed by atoms with Crippen molar-refractivity contribution in [2.24, 2.45) is 0 Å². The second-order valence-electron chi connectivity index (χ2n) is 7.62. The lowest BCUT2D eigenvalue weighted by Crippen LogP contribution is -2.30. The van der Waals surface area contributed by atoms with Crippen molar-refractivity contribution < 1.29 is 33.0 Å². The van der Waals surface area contributed by atoms with E-state index in [1.807, 2.05) is 0 Å². The molecule has 0 saturated carbocycles. The van der Waals surface area contributed by atoms with E-state index in [1.165, 1.54) is 19.2 Å². The molecule has 1 unspecified atom stereocenters. The number of halogens is 3. The predicted molar refractivity (Wildman–Crippen MR) is 127 cm³/mol. The molecule has 180 valence electrons. The van der Waals surface area contributed by atoms with Crippen LogP contribution in [0.5, 0.6) is 11.5 Å². The molecule has 1 N–H and O–H groups in total. The summed E-state index contributed by atoms with van der Waals surface area (Å²) in [6, 6.07) is 12.2. The smallest absolute Gasteiger partial charge is 0.300 e. The van der Waals surface area contributed by atoms with Crippen molar-refractivity contribution in [3.8, 4) is 11.5 Å². The van der Waals surface area contributed by atoms with E-state index in [1.54, 1.807) is 37.3 Å². The number of ketones is 1. The molecular formula is C26H20ClF2NO5. The zero-order valence-corrected chi connectivity index (χ0v) is 19.5. The lowest BCUT2D eigenvalue weighted by Gasteiger charge is -2.26. The van der Waals surface area contributed by atoms with Crippen molar-refractivity contribution in [3.05, 3.63) is 94.0 Å². The third-order valence-corrected chi connectivity index (χ3v) is 5.75. The Morgan fingerprint density at radius 3 is 2.49 bits per heavy atom. The van der Waals surface area contributed by atoms with Crippen molar-refractivity contribution in [1.82, 2.24) is 0 Å². The van der Waals surface area contributed by atoms with E-state index < -0.39 is 35.1 Å². The maximum Gasteiger partial charge on any atom is 0.300 e. The first-order chi connectivity index (χ1) is 16.8. The van der Waals surface area contributed by atoms with Gasteiger partial charge in [-0.15, -0.1) is 0 Å². The Balaban J connectivity index is 1.99. The molecule has 9 heteroatoms. The van der Waals surface area contributed by atoms with E-state index in [0.29, 0.717) is 34.8 Å². The summed E-state index contributed by atoms with van der Waals surface area (Å²) in [5, 5.41) is 11.4. The predicted octanol–water partition coefficient (Wildman–Crippen LogP) is 5.65. The van der Waals surface area contributed by atoms with E-state index in [2.05, 4.69) is 0 Å². The van der Waals surface area contributed by atoms with Gasteiger partial charge < -0.3 is 14.6 Å². The molecule has 35 heavy (non-hydrogen) atoms. The van der Waals surface area contributed by atoms with Crippen LogP contribution in [0.2, 0.25) is 5.02 Å². The molecule has 0 spiro atoms. The van der Waals surface area contributed by atoms with E-state index in [4.69, 9.17) is 21.1 Å². The van der Waals surface area contributed by atoms with Gasteiger partial charge in [-0.25, -0.2) is 8.78 Å². The first-order valence-corrected chi connectivity index (χ1v) is 11.0. The quantitative estimate of drug-likeness (QED) is 0.269. The highest BCUT2D eigenvalue weighted by Crippen LogP contribution is 2.45. The highest BCUT2D eigenvalue weighted by atomic mass is 35.5. The molecule has 3 aromatic carbocycles. The molecule has 0 aromatic heterocycles. The Labute approximate surface area is 205 Å². The Morgan fingerprint density at radius 2 is 1.83 bits per heavy atom. The van der Waals surface area contributed by atoms with Crippen LogP contribution in [0, 0.1) is 11.6 Å². The molecule has 1 atom stereocenters. The van der Waals surface area contributed by atoms with Gasteiger partial charge in [-0.1, -0.05) is 29.8 Å². The summed E-state index contributed by atoms with van der Waals surface area (Å²) in [5.41, 5.74) is -0.0783. The highest BCUT2D eigenvalue weighted by Gasteiger charge is 2.48. The lowest BCUT2D eigenvalue weighted by molar-refractivity contribution is -0.132. The van der Waals surface area contributed by atoms with Crippen LogP contribution in [-0.4, -0.2) is 30.5 Å². The van der Waals surface area contributed by atoms with Crippen molar-refractivity contribution in [3.63, 3.8) is 0 Å². The number of aliphatic hydroxyl groups is 1. The van der Waals surface area contributed by atoms with Crippen LogP contribution in [0.25, 0.3) is 5.76 Å². The van der Waals surface area contributed by atoms with Gasteiger partial charge in [0.15, 0.2) is 11.5 Å². The summed E-state index contributed by atoms with van der Waals surface area (Å²) < 4.78 is 39.4. The summed E-state index contributed by atoms with van der Waals surface area (Å²) in [6.07, 6.45) is 0. The standard InChI is InChI=1S/C26H20ClF2NO5/c1-3-35-21-12-14(7-10-20(21)34-2)23-22(24(31)15-5-4-6-16(27)11-15)25(32)26(33)30(23)19-9-8-17(28)13-18(19)29/h4-13,23,31H,3H2,1-2H3/b24-22+. The van der Waals surface area contributed by atoms with Gasteiger partial charge >= 0.3 is 0 Å². The van der Waals surface area contributed by atoms with E-state index in [0.717, 1.165) is 17.0 Å². The van der Waals surface area contributed by atoms with Crippen molar-refractivity contribution in [1.29, 1.82) is 0 Å². The van der Waals surface area contributed by atoms with E-state index in [-0.39, 0.29) is 16.8 Å². The fraction of sp³-hybridized carbons (Fsp3) is 0.154. The Kier molecular flexibility index (Phi) is 6.75. The summed E-state index contributed by atoms with van der Waals surface area (Å²) >= 11 is 6.05. The molecule has 1 heterocycles. The van der Waals surface area contributed by atoms with Gasteiger partial charge in [0.25, 0.3) is 11.7 Å². The molecule has 0 aliphatic carbocycles. The molecule has 3 aromatic rings. The average molecular weight is 500 g/mol. The van der Waals surface area contributed by atoms with Crippen molar-refractivity contribution >= 4 is 34.7 Å². The SMILES string of the molecule is CCOc1cc(C2/C(=C(\O)c3cccc(Cl)c3)C(=O)C(=O)N2c2ccc(F)cc2F)ccc1OC. The summed E-state index contributed by atoms with van der Waals surface area (Å²) in [5.74, 6) is -3.78. The van der Waals surface area contributed by atoms with Crippen LogP contribution in [0.3, 0.4) is 0 Å². The molecule has 1 fully saturated rings. The minimum atomic E-state index is -1.25. The van der Waals surface area contributed by atoms with Gasteiger partial charge in [0.05, 0.1) is 31.0 Å². The number of nitrogens with zero attached hydrogens (tertiary/aromatic N) is 1. The zero-order valence-electron chi connectivity index (χ0n) is 18.7. The molecule has 0 bridgehead atoms. The summed E-state index contributed by atoms with van der Waals surface area (Å²) in [7, 11) is 1.46. The largest absolute Gasteiger partial charge is 0.507 e. The molecule has 4 rings (SSSR count). The first-order valence-electron chi connectivity index (χ1n) is 10.6. The van der Waals surface area contributed by atoms with Crippen molar-refractivity contribution in [2.45, 2.75) is 13.0 Å². The maximum absolute atomic E-state index is 14.8. The normalized spacial score (nSPS) is 17.1. The second-order valence-corrected chi connectivity index (χ2v) is 8.05. The van der Waals surface area contributed by atoms with Gasteiger partial charge in [0.1, 0.15) is 17.4 Å². The number of ether oxygens (including phenoxy) is 2. The highest BCUT2D eigenvalue weighted by molar-refractivity contribution is 6.51. The first kappa shape index (κ1) is 24.2. The van der Waals surface area contributed by atoms with Gasteiger partial charge in [0.2, 0.25) is 0 Å². The number of anilines is 1. The van der Waals surface area contributed by atoms with Gasteiger partial charge in [-0.05, 0) is 48.9 Å². The number of methoxy groups -OCH3 is 1. The minimum absolute atomic E-state index is 0.193. The zero-order chi connectivity index (χ0) is 25.3. The van der Waals surface area contributed by atoms with Gasteiger partial charge in [0, 0.05) is 16.7 Å². The van der Waals surface area contributed by atoms with Crippen LogP contribution in [0.15, 0.2) is 66.2 Å². The van der Waals surface area contributed by atoms with Crippen molar-refractivity contribution in [2.75, 3.05) is 18.6 Å².